The quantitative estimate of drug-likeness (QED) is 0.836. The minimum Gasteiger partial charge on any atom is -0.369 e. The molecule has 0 unspecified atom stereocenters. The summed E-state index contributed by atoms with van der Waals surface area (Å²) in [6.45, 7) is 12.1. The summed E-state index contributed by atoms with van der Waals surface area (Å²) in [5.74, 6) is 0.121. The fraction of sp³-hybridized carbons (Fsp3) is 0.471. The van der Waals surface area contributed by atoms with E-state index in [9.17, 15) is 4.79 Å². The molecule has 0 saturated carbocycles. The minimum absolute atomic E-state index is 0. The minimum atomic E-state index is -0.209. The average molecular weight is 361 g/mol. The molecule has 2 atom stereocenters. The molecule has 1 aromatic carbocycles. The molecule has 4 heteroatoms. The van der Waals surface area contributed by atoms with Gasteiger partial charge in [0.25, 0.3) is 0 Å². The topological polar surface area (TPSA) is 32.3 Å². The molecule has 0 bridgehead atoms. The average Bonchev–Trinajstić information content (AvgIpc) is 2.43. The zero-order valence-electron chi connectivity index (χ0n) is 13.2. The van der Waals surface area contributed by atoms with Crippen LogP contribution in [0.3, 0.4) is 0 Å². The molecule has 1 heterocycles. The number of nitrogens with zero attached hydrogens (tertiary/aromatic N) is 1. The Morgan fingerprint density at radius 2 is 2.14 bits per heavy atom. The molecule has 0 spiro atoms. The molecule has 0 aromatic heterocycles. The van der Waals surface area contributed by atoms with Crippen LogP contribution in [0, 0.1) is 13.5 Å². The van der Waals surface area contributed by atoms with Crippen LogP contribution >= 0.6 is 0 Å². The van der Waals surface area contributed by atoms with Gasteiger partial charge >= 0.3 is 0 Å². The van der Waals surface area contributed by atoms with Gasteiger partial charge in [0, 0.05) is 44.8 Å². The summed E-state index contributed by atoms with van der Waals surface area (Å²) in [6, 6.07) is 8.53. The Balaban J connectivity index is 0.00000220. The first kappa shape index (κ1) is 18.7. The van der Waals surface area contributed by atoms with Gasteiger partial charge in [-0.3, -0.25) is 4.79 Å². The molecule has 1 aliphatic heterocycles. The van der Waals surface area contributed by atoms with Crippen LogP contribution in [0.2, 0.25) is 0 Å². The Kier molecular flexibility index (Phi) is 7.39. The van der Waals surface area contributed by atoms with Crippen molar-refractivity contribution in [2.45, 2.75) is 51.7 Å². The predicted molar refractivity (Wildman–Crippen MR) is 81.9 cm³/mol. The van der Waals surface area contributed by atoms with Crippen LogP contribution in [-0.4, -0.2) is 28.9 Å². The molecule has 1 N–H and O–H groups in total. The van der Waals surface area contributed by atoms with Crippen LogP contribution in [0.25, 0.3) is 0 Å². The molecule has 113 valence electrons. The summed E-state index contributed by atoms with van der Waals surface area (Å²) >= 11 is 0. The van der Waals surface area contributed by atoms with Gasteiger partial charge in [0.15, 0.2) is 0 Å². The molecular formula is C17H24N2OY-2. The molecule has 1 aliphatic rings. The first-order valence-corrected chi connectivity index (χ1v) is 7.33. The maximum atomic E-state index is 12.7. The number of amides is 1. The van der Waals surface area contributed by atoms with Crippen molar-refractivity contribution >= 4 is 5.91 Å². The van der Waals surface area contributed by atoms with Gasteiger partial charge in [-0.2, -0.15) is 18.1 Å². The predicted octanol–water partition coefficient (Wildman–Crippen LogP) is 2.56. The van der Waals surface area contributed by atoms with Gasteiger partial charge in [0.2, 0.25) is 5.91 Å². The molecule has 0 saturated heterocycles. The zero-order valence-corrected chi connectivity index (χ0v) is 16.0. The zero-order chi connectivity index (χ0) is 14.7. The van der Waals surface area contributed by atoms with Crippen molar-refractivity contribution in [3.8, 4) is 0 Å². The van der Waals surface area contributed by atoms with E-state index < -0.39 is 0 Å². The molecule has 0 aliphatic carbocycles. The molecule has 1 radical (unpaired) electrons. The molecule has 1 aromatic rings. The number of rotatable bonds is 4. The van der Waals surface area contributed by atoms with Gasteiger partial charge in [0.05, 0.1) is 6.04 Å². The second kappa shape index (κ2) is 8.31. The van der Waals surface area contributed by atoms with E-state index >= 15 is 0 Å². The Hall–Kier alpha value is -0.376. The Labute approximate surface area is 153 Å². The van der Waals surface area contributed by atoms with E-state index in [-0.39, 0.29) is 56.7 Å². The normalized spacial score (nSPS) is 18.5. The molecule has 0 fully saturated rings. The number of hydrogen-bond donors (Lipinski definition) is 1. The Morgan fingerprint density at radius 3 is 2.76 bits per heavy atom. The van der Waals surface area contributed by atoms with Crippen LogP contribution in [0.5, 0.6) is 0 Å². The van der Waals surface area contributed by atoms with Crippen molar-refractivity contribution in [3.05, 3.63) is 48.9 Å². The van der Waals surface area contributed by atoms with E-state index in [1.807, 2.05) is 17.5 Å². The van der Waals surface area contributed by atoms with Crippen LogP contribution < -0.4 is 5.32 Å². The van der Waals surface area contributed by atoms with Crippen molar-refractivity contribution in [3.63, 3.8) is 0 Å². The number of nitrogens with one attached hydrogen (secondary N) is 1. The SMILES string of the molecule is [CH2-]C[C@H](NC(C)C)C(=O)N1[CH-]c2ccccc2C[C@H]1C.[Y]. The van der Waals surface area contributed by atoms with E-state index in [1.165, 1.54) is 5.56 Å². The molecule has 3 nitrogen and oxygen atoms in total. The van der Waals surface area contributed by atoms with Gasteiger partial charge in [0.1, 0.15) is 0 Å². The number of carbonyl (C=O) groups is 1. The third-order valence-electron chi connectivity index (χ3n) is 3.70. The van der Waals surface area contributed by atoms with Crippen LogP contribution in [-0.2, 0) is 43.9 Å². The third kappa shape index (κ3) is 4.54. The van der Waals surface area contributed by atoms with Gasteiger partial charge in [-0.25, -0.2) is 0 Å². The van der Waals surface area contributed by atoms with Crippen molar-refractivity contribution in [1.82, 2.24) is 10.2 Å². The molecular weight excluding hydrogens is 337 g/mol. The molecule has 1 amide bonds. The maximum absolute atomic E-state index is 12.7. The number of benzene rings is 1. The van der Waals surface area contributed by atoms with E-state index in [1.54, 1.807) is 0 Å². The van der Waals surface area contributed by atoms with E-state index in [4.69, 9.17) is 0 Å². The standard InChI is InChI=1S/C17H24N2O.Y/c1-5-16(18-12(2)3)17(20)19-11-15-9-7-6-8-14(15)10-13(19)4;/h6-9,11-13,16,18H,1,5,10H2,2-4H3;/q-2;/t13-,16+;/m1./s1. The van der Waals surface area contributed by atoms with E-state index in [0.717, 1.165) is 12.0 Å². The number of hydrogen-bond acceptors (Lipinski definition) is 2. The first-order chi connectivity index (χ1) is 9.52. The van der Waals surface area contributed by atoms with Crippen molar-refractivity contribution in [2.75, 3.05) is 0 Å². The van der Waals surface area contributed by atoms with Crippen molar-refractivity contribution < 1.29 is 37.5 Å². The summed E-state index contributed by atoms with van der Waals surface area (Å²) < 4.78 is 0. The summed E-state index contributed by atoms with van der Waals surface area (Å²) in [4.78, 5) is 14.5. The summed E-state index contributed by atoms with van der Waals surface area (Å²) in [7, 11) is 0. The second-order valence-corrected chi connectivity index (χ2v) is 5.79. The number of fused-ring (bicyclic) bond motifs is 1. The van der Waals surface area contributed by atoms with Gasteiger partial charge in [-0.1, -0.05) is 32.9 Å². The smallest absolute Gasteiger partial charge is 0.230 e. The van der Waals surface area contributed by atoms with Crippen LogP contribution in [0.15, 0.2) is 24.3 Å². The van der Waals surface area contributed by atoms with Crippen molar-refractivity contribution in [2.24, 2.45) is 0 Å². The van der Waals surface area contributed by atoms with Crippen LogP contribution in [0.1, 0.15) is 38.3 Å². The van der Waals surface area contributed by atoms with Gasteiger partial charge in [-0.05, 0) is 6.92 Å². The van der Waals surface area contributed by atoms with Gasteiger partial charge in [-0.15, -0.1) is 17.7 Å². The summed E-state index contributed by atoms with van der Waals surface area (Å²) in [6.07, 6.45) is 1.47. The largest absolute Gasteiger partial charge is 0.369 e. The van der Waals surface area contributed by atoms with E-state index in [2.05, 4.69) is 51.2 Å². The second-order valence-electron chi connectivity index (χ2n) is 5.79. The third-order valence-corrected chi connectivity index (χ3v) is 3.70. The van der Waals surface area contributed by atoms with Crippen LogP contribution in [0.4, 0.5) is 0 Å². The Bertz CT molecular complexity index is 476. The monoisotopic (exact) mass is 361 g/mol. The fourth-order valence-electron chi connectivity index (χ4n) is 2.68. The first-order valence-electron chi connectivity index (χ1n) is 7.33. The fourth-order valence-corrected chi connectivity index (χ4v) is 2.68. The molecule has 2 rings (SSSR count). The van der Waals surface area contributed by atoms with Crippen molar-refractivity contribution in [1.29, 1.82) is 0 Å². The Morgan fingerprint density at radius 1 is 1.48 bits per heavy atom. The van der Waals surface area contributed by atoms with Gasteiger partial charge < -0.3 is 17.1 Å². The molecule has 21 heavy (non-hydrogen) atoms. The maximum Gasteiger partial charge on any atom is 0.230 e. The summed E-state index contributed by atoms with van der Waals surface area (Å²) in [5.41, 5.74) is 2.46. The van der Waals surface area contributed by atoms with E-state index in [0.29, 0.717) is 6.42 Å². The number of carbonyl (C=O) groups excluding carboxylic acids is 1. The summed E-state index contributed by atoms with van der Waals surface area (Å²) in [5, 5.41) is 3.30.